The second-order valence-electron chi connectivity index (χ2n) is 3.98. The third-order valence-electron chi connectivity index (χ3n) is 2.75. The smallest absolute Gasteiger partial charge is 0.449 e. The van der Waals surface area contributed by atoms with E-state index in [2.05, 4.69) is 4.98 Å². The molecule has 19 heavy (non-hydrogen) atoms. The summed E-state index contributed by atoms with van der Waals surface area (Å²) in [7, 11) is 0. The zero-order valence-electron chi connectivity index (χ0n) is 9.36. The first-order valence-corrected chi connectivity index (χ1v) is 5.35. The topological polar surface area (TPSA) is 43.1 Å². The van der Waals surface area contributed by atoms with E-state index in [1.54, 1.807) is 18.3 Å². The Morgan fingerprint density at radius 3 is 2.68 bits per heavy atom. The van der Waals surface area contributed by atoms with Crippen molar-refractivity contribution in [3.63, 3.8) is 0 Å². The Kier molecular flexibility index (Phi) is 2.35. The molecule has 0 atom stereocenters. The van der Waals surface area contributed by atoms with Crippen LogP contribution in [-0.2, 0) is 6.18 Å². The van der Waals surface area contributed by atoms with Gasteiger partial charge in [0.25, 0.3) is 0 Å². The predicted molar refractivity (Wildman–Crippen MR) is 62.8 cm³/mol. The highest BCUT2D eigenvalue weighted by molar-refractivity contribution is 6.03. The third kappa shape index (κ3) is 1.85. The maximum absolute atomic E-state index is 12.6. The Balaban J connectivity index is 2.47. The molecule has 0 radical (unpaired) electrons. The van der Waals surface area contributed by atoms with Crippen LogP contribution in [0.4, 0.5) is 13.2 Å². The molecule has 0 unspecified atom stereocenters. The van der Waals surface area contributed by atoms with Gasteiger partial charge in [0, 0.05) is 17.6 Å². The van der Waals surface area contributed by atoms with Crippen LogP contribution >= 0.6 is 0 Å². The molecular formula is C13H6F3NO2. The highest BCUT2D eigenvalue weighted by Gasteiger charge is 2.35. The number of aromatic nitrogens is 1. The van der Waals surface area contributed by atoms with Crippen molar-refractivity contribution in [2.75, 3.05) is 0 Å². The van der Waals surface area contributed by atoms with Crippen LogP contribution in [-0.4, -0.2) is 4.98 Å². The molecule has 3 aromatic rings. The molecule has 2 aromatic heterocycles. The monoisotopic (exact) mass is 265 g/mol. The van der Waals surface area contributed by atoms with Crippen LogP contribution in [0.5, 0.6) is 0 Å². The summed E-state index contributed by atoms with van der Waals surface area (Å²) in [6.45, 7) is 0. The molecule has 0 bridgehead atoms. The summed E-state index contributed by atoms with van der Waals surface area (Å²) in [5.74, 6) is -1.30. The quantitative estimate of drug-likeness (QED) is 0.585. The molecule has 6 heteroatoms. The minimum absolute atomic E-state index is 0.0969. The number of fused-ring (bicyclic) bond motifs is 3. The Labute approximate surface area is 104 Å². The molecule has 0 N–H and O–H groups in total. The third-order valence-corrected chi connectivity index (χ3v) is 2.75. The lowest BCUT2D eigenvalue weighted by atomic mass is 10.1. The fourth-order valence-electron chi connectivity index (χ4n) is 1.95. The number of pyridine rings is 1. The zero-order valence-corrected chi connectivity index (χ0v) is 9.36. The molecule has 0 aliphatic rings. The largest absolute Gasteiger partial charge is 0.451 e. The van der Waals surface area contributed by atoms with Crippen molar-refractivity contribution in [2.24, 2.45) is 0 Å². The fourth-order valence-corrected chi connectivity index (χ4v) is 1.95. The van der Waals surface area contributed by atoms with E-state index in [1.807, 2.05) is 0 Å². The average molecular weight is 265 g/mol. The number of hydrogen-bond donors (Lipinski definition) is 0. The summed E-state index contributed by atoms with van der Waals surface area (Å²) >= 11 is 0. The van der Waals surface area contributed by atoms with Gasteiger partial charge < -0.3 is 4.42 Å². The molecule has 0 saturated heterocycles. The molecule has 96 valence electrons. The Morgan fingerprint density at radius 2 is 1.95 bits per heavy atom. The van der Waals surface area contributed by atoms with Gasteiger partial charge in [-0.05, 0) is 18.2 Å². The van der Waals surface area contributed by atoms with E-state index in [9.17, 15) is 18.0 Å². The second kappa shape index (κ2) is 3.81. The van der Waals surface area contributed by atoms with Crippen molar-refractivity contribution >= 4 is 21.9 Å². The van der Waals surface area contributed by atoms with Gasteiger partial charge in [-0.2, -0.15) is 13.2 Å². The highest BCUT2D eigenvalue weighted by Crippen LogP contribution is 2.31. The van der Waals surface area contributed by atoms with Crippen LogP contribution in [0, 0.1) is 0 Å². The first kappa shape index (κ1) is 11.7. The molecule has 0 amide bonds. The van der Waals surface area contributed by atoms with Crippen molar-refractivity contribution in [2.45, 2.75) is 6.18 Å². The SMILES string of the molecule is O=c1cc(C(F)(F)F)oc2ccc3ncccc3c12. The van der Waals surface area contributed by atoms with Crippen LogP contribution in [0.2, 0.25) is 0 Å². The molecule has 0 saturated carbocycles. The fraction of sp³-hybridized carbons (Fsp3) is 0.0769. The van der Waals surface area contributed by atoms with E-state index in [0.717, 1.165) is 0 Å². The van der Waals surface area contributed by atoms with Crippen LogP contribution in [0.3, 0.4) is 0 Å². The molecular weight excluding hydrogens is 259 g/mol. The number of rotatable bonds is 0. The lowest BCUT2D eigenvalue weighted by molar-refractivity contribution is -0.152. The van der Waals surface area contributed by atoms with Crippen molar-refractivity contribution in [3.05, 3.63) is 52.5 Å². The van der Waals surface area contributed by atoms with E-state index in [4.69, 9.17) is 4.42 Å². The number of benzene rings is 1. The standard InChI is InChI=1S/C13H6F3NO2/c14-13(15,16)11-6-9(18)12-7-2-1-5-17-8(7)3-4-10(12)19-11/h1-6H. The molecule has 1 aromatic carbocycles. The van der Waals surface area contributed by atoms with E-state index in [-0.39, 0.29) is 11.0 Å². The van der Waals surface area contributed by atoms with Gasteiger partial charge in [0.1, 0.15) is 5.58 Å². The summed E-state index contributed by atoms with van der Waals surface area (Å²) < 4.78 is 42.5. The minimum Gasteiger partial charge on any atom is -0.451 e. The lowest BCUT2D eigenvalue weighted by Gasteiger charge is -2.07. The van der Waals surface area contributed by atoms with Crippen LogP contribution in [0.15, 0.2) is 45.7 Å². The Morgan fingerprint density at radius 1 is 1.16 bits per heavy atom. The Bertz CT molecular complexity index is 837. The van der Waals surface area contributed by atoms with Gasteiger partial charge >= 0.3 is 6.18 Å². The first-order valence-electron chi connectivity index (χ1n) is 5.35. The van der Waals surface area contributed by atoms with Crippen molar-refractivity contribution < 1.29 is 17.6 Å². The number of nitrogens with zero attached hydrogens (tertiary/aromatic N) is 1. The van der Waals surface area contributed by atoms with Crippen LogP contribution in [0.1, 0.15) is 5.76 Å². The van der Waals surface area contributed by atoms with Gasteiger partial charge in [-0.3, -0.25) is 9.78 Å². The first-order chi connectivity index (χ1) is 8.97. The summed E-state index contributed by atoms with van der Waals surface area (Å²) in [5, 5.41) is 0.584. The second-order valence-corrected chi connectivity index (χ2v) is 3.98. The number of hydrogen-bond acceptors (Lipinski definition) is 3. The normalized spacial score (nSPS) is 12.2. The molecule has 0 spiro atoms. The maximum Gasteiger partial charge on any atom is 0.449 e. The zero-order chi connectivity index (χ0) is 13.6. The average Bonchev–Trinajstić information content (AvgIpc) is 2.37. The number of halogens is 3. The van der Waals surface area contributed by atoms with Crippen LogP contribution < -0.4 is 5.43 Å². The van der Waals surface area contributed by atoms with Crippen molar-refractivity contribution in [3.8, 4) is 0 Å². The van der Waals surface area contributed by atoms with Gasteiger partial charge in [0.05, 0.1) is 10.9 Å². The summed E-state index contributed by atoms with van der Waals surface area (Å²) in [5.41, 5.74) is -0.297. The maximum atomic E-state index is 12.6. The van der Waals surface area contributed by atoms with E-state index >= 15 is 0 Å². The van der Waals surface area contributed by atoms with Crippen LogP contribution in [0.25, 0.3) is 21.9 Å². The number of alkyl halides is 3. The van der Waals surface area contributed by atoms with Crippen molar-refractivity contribution in [1.29, 1.82) is 0 Å². The molecule has 2 heterocycles. The minimum atomic E-state index is -4.68. The van der Waals surface area contributed by atoms with Gasteiger partial charge in [0.2, 0.25) is 5.76 Å². The molecule has 0 fully saturated rings. The molecule has 0 aliphatic heterocycles. The molecule has 3 rings (SSSR count). The van der Waals surface area contributed by atoms with Crippen molar-refractivity contribution in [1.82, 2.24) is 4.98 Å². The molecule has 0 aliphatic carbocycles. The van der Waals surface area contributed by atoms with Gasteiger partial charge in [-0.25, -0.2) is 0 Å². The van der Waals surface area contributed by atoms with Gasteiger partial charge in [-0.15, -0.1) is 0 Å². The lowest BCUT2D eigenvalue weighted by Crippen LogP contribution is -2.11. The highest BCUT2D eigenvalue weighted by atomic mass is 19.4. The van der Waals surface area contributed by atoms with Gasteiger partial charge in [-0.1, -0.05) is 6.07 Å². The predicted octanol–water partition coefficient (Wildman–Crippen LogP) is 3.36. The van der Waals surface area contributed by atoms with E-state index < -0.39 is 17.4 Å². The summed E-state index contributed by atoms with van der Waals surface area (Å²) in [4.78, 5) is 15.9. The van der Waals surface area contributed by atoms with Gasteiger partial charge in [0.15, 0.2) is 5.43 Å². The Hall–Kier alpha value is -2.37. The summed E-state index contributed by atoms with van der Waals surface area (Å²) in [6, 6.07) is 6.53. The van der Waals surface area contributed by atoms with E-state index in [1.165, 1.54) is 12.1 Å². The van der Waals surface area contributed by atoms with E-state index in [0.29, 0.717) is 17.0 Å². The molecule has 3 nitrogen and oxygen atoms in total. The summed E-state index contributed by atoms with van der Waals surface area (Å²) in [6.07, 6.45) is -3.14.